The van der Waals surface area contributed by atoms with Gasteiger partial charge in [0.1, 0.15) is 0 Å². The summed E-state index contributed by atoms with van der Waals surface area (Å²) in [6, 6.07) is 58.5. The van der Waals surface area contributed by atoms with E-state index in [2.05, 4.69) is 173 Å². The maximum atomic E-state index is 5.06. The highest BCUT2D eigenvalue weighted by Gasteiger charge is 2.43. The molecule has 5 aromatic carbocycles. The van der Waals surface area contributed by atoms with Crippen molar-refractivity contribution < 1.29 is 0 Å². The van der Waals surface area contributed by atoms with E-state index in [0.29, 0.717) is 0 Å². The maximum absolute atomic E-state index is 5.06. The number of hydrogen-bond acceptors (Lipinski definition) is 3. The highest BCUT2D eigenvalue weighted by atomic mass is 28.3. The zero-order chi connectivity index (χ0) is 29.8. The van der Waals surface area contributed by atoms with E-state index in [1.165, 1.54) is 15.6 Å². The van der Waals surface area contributed by atoms with Gasteiger partial charge in [-0.25, -0.2) is 0 Å². The number of aromatic amines is 1. The van der Waals surface area contributed by atoms with Gasteiger partial charge in [0, 0.05) is 39.8 Å². The van der Waals surface area contributed by atoms with Gasteiger partial charge in [0.25, 0.3) is 0 Å². The first-order valence-corrected chi connectivity index (χ1v) is 16.8. The first kappa shape index (κ1) is 27.3. The monoisotopic (exact) mass is 584 g/mol. The Morgan fingerprint density at radius 2 is 1.09 bits per heavy atom. The summed E-state index contributed by atoms with van der Waals surface area (Å²) in [4.78, 5) is 7.39. The number of nitrogens with one attached hydrogen (secondary N) is 1. The van der Waals surface area contributed by atoms with Crippen molar-refractivity contribution in [2.24, 2.45) is 0 Å². The standard InChI is InChI=1S/C39H32N4Si/c1-30-27-38(42-41-30)31-15-13-18-33(28-31)43(32-16-5-2-6-17-32)34-19-14-24-37(29-34)44(35-20-7-3-8-21-35,36-22-9-4-10-23-36)39-25-11-12-26-40-39/h2-29H,1H3,(H,41,42). The van der Waals surface area contributed by atoms with E-state index in [9.17, 15) is 0 Å². The lowest BCUT2D eigenvalue weighted by molar-refractivity contribution is 1.05. The Balaban J connectivity index is 1.47. The summed E-state index contributed by atoms with van der Waals surface area (Å²) in [5, 5.41) is 12.6. The summed E-state index contributed by atoms with van der Waals surface area (Å²) in [5.41, 5.74) is 6.27. The van der Waals surface area contributed by atoms with Crippen molar-refractivity contribution in [3.8, 4) is 11.3 Å². The zero-order valence-electron chi connectivity index (χ0n) is 24.5. The molecule has 7 aromatic rings. The van der Waals surface area contributed by atoms with Crippen molar-refractivity contribution >= 4 is 46.0 Å². The number of pyridine rings is 1. The van der Waals surface area contributed by atoms with Crippen LogP contribution in [0.15, 0.2) is 170 Å². The predicted octanol–water partition coefficient (Wildman–Crippen LogP) is 6.63. The van der Waals surface area contributed by atoms with Crippen molar-refractivity contribution in [2.75, 3.05) is 4.90 Å². The molecule has 7 rings (SSSR count). The van der Waals surface area contributed by atoms with Crippen LogP contribution in [-0.2, 0) is 0 Å². The van der Waals surface area contributed by atoms with Crippen LogP contribution in [-0.4, -0.2) is 23.3 Å². The van der Waals surface area contributed by atoms with Crippen LogP contribution in [0.2, 0.25) is 0 Å². The van der Waals surface area contributed by atoms with Gasteiger partial charge in [0.2, 0.25) is 8.07 Å². The van der Waals surface area contributed by atoms with Gasteiger partial charge < -0.3 is 4.90 Å². The van der Waals surface area contributed by atoms with Gasteiger partial charge in [-0.3, -0.25) is 10.1 Å². The van der Waals surface area contributed by atoms with E-state index >= 15 is 0 Å². The Morgan fingerprint density at radius 3 is 1.70 bits per heavy atom. The highest BCUT2D eigenvalue weighted by Crippen LogP contribution is 2.36. The molecule has 2 aromatic heterocycles. The average molecular weight is 585 g/mol. The molecular formula is C39H32N4Si. The molecule has 0 amide bonds. The molecule has 0 aliphatic carbocycles. The Hall–Kier alpha value is -5.52. The van der Waals surface area contributed by atoms with Gasteiger partial charge in [0.15, 0.2) is 0 Å². The number of nitrogens with zero attached hydrogens (tertiary/aromatic N) is 3. The molecule has 0 fully saturated rings. The second-order valence-corrected chi connectivity index (χ2v) is 14.6. The van der Waals surface area contributed by atoms with Gasteiger partial charge in [-0.05, 0) is 77.1 Å². The highest BCUT2D eigenvalue weighted by molar-refractivity contribution is 7.19. The fraction of sp³-hybridized carbons (Fsp3) is 0.0256. The molecule has 0 saturated heterocycles. The summed E-state index contributed by atoms with van der Waals surface area (Å²) in [6.07, 6.45) is 1.92. The number of hydrogen-bond donors (Lipinski definition) is 1. The Kier molecular flexibility index (Phi) is 7.45. The third kappa shape index (κ3) is 5.04. The van der Waals surface area contributed by atoms with Crippen LogP contribution in [0, 0.1) is 6.92 Å². The number of aryl methyl sites for hydroxylation is 1. The van der Waals surface area contributed by atoms with Crippen molar-refractivity contribution in [1.82, 2.24) is 15.2 Å². The fourth-order valence-electron chi connectivity index (χ4n) is 6.18. The van der Waals surface area contributed by atoms with Crippen molar-refractivity contribution in [3.63, 3.8) is 0 Å². The van der Waals surface area contributed by atoms with Gasteiger partial charge in [0.05, 0.1) is 5.69 Å². The minimum atomic E-state index is -2.79. The van der Waals surface area contributed by atoms with Gasteiger partial charge in [-0.1, -0.05) is 109 Å². The second-order valence-electron chi connectivity index (χ2n) is 10.9. The van der Waals surface area contributed by atoms with E-state index in [1.54, 1.807) is 0 Å². The lowest BCUT2D eigenvalue weighted by Gasteiger charge is -2.34. The van der Waals surface area contributed by atoms with Crippen LogP contribution in [0.5, 0.6) is 0 Å². The molecule has 1 N–H and O–H groups in total. The number of anilines is 3. The van der Waals surface area contributed by atoms with Crippen molar-refractivity contribution in [3.05, 3.63) is 176 Å². The van der Waals surface area contributed by atoms with Crippen LogP contribution in [0.25, 0.3) is 11.3 Å². The normalized spacial score (nSPS) is 11.3. The Labute approximate surface area is 259 Å². The van der Waals surface area contributed by atoms with Gasteiger partial charge in [-0.15, -0.1) is 0 Å². The van der Waals surface area contributed by atoms with E-state index in [4.69, 9.17) is 4.98 Å². The number of H-pyrrole nitrogens is 1. The van der Waals surface area contributed by atoms with E-state index in [1.807, 2.05) is 19.2 Å². The third-order valence-corrected chi connectivity index (χ3v) is 12.8. The molecular weight excluding hydrogens is 553 g/mol. The fourth-order valence-corrected chi connectivity index (χ4v) is 10.8. The molecule has 0 spiro atoms. The largest absolute Gasteiger partial charge is 0.310 e. The molecule has 5 heteroatoms. The van der Waals surface area contributed by atoms with Gasteiger partial charge in [-0.2, -0.15) is 5.10 Å². The molecule has 0 saturated carbocycles. The van der Waals surface area contributed by atoms with E-state index in [-0.39, 0.29) is 0 Å². The number of rotatable bonds is 8. The van der Waals surface area contributed by atoms with Crippen LogP contribution >= 0.6 is 0 Å². The lowest BCUT2D eigenvalue weighted by atomic mass is 10.1. The summed E-state index contributed by atoms with van der Waals surface area (Å²) in [6.45, 7) is 2.03. The quantitative estimate of drug-likeness (QED) is 0.161. The molecule has 0 aliphatic heterocycles. The Morgan fingerprint density at radius 1 is 0.523 bits per heavy atom. The summed E-state index contributed by atoms with van der Waals surface area (Å²) in [5.74, 6) is 0. The van der Waals surface area contributed by atoms with E-state index in [0.717, 1.165) is 39.3 Å². The number of benzene rings is 5. The molecule has 4 nitrogen and oxygen atoms in total. The minimum Gasteiger partial charge on any atom is -0.310 e. The van der Waals surface area contributed by atoms with Gasteiger partial charge >= 0.3 is 0 Å². The summed E-state index contributed by atoms with van der Waals surface area (Å²) in [7, 11) is -2.79. The zero-order valence-corrected chi connectivity index (χ0v) is 25.5. The SMILES string of the molecule is Cc1cc(-c2cccc(N(c3ccccc3)c3cccc([Si](c4ccccc4)(c4ccccc4)c4ccccn4)c3)c2)n[nH]1. The molecule has 44 heavy (non-hydrogen) atoms. The average Bonchev–Trinajstić information content (AvgIpc) is 3.54. The smallest absolute Gasteiger partial charge is 0.201 e. The van der Waals surface area contributed by atoms with Crippen LogP contribution in [0.3, 0.4) is 0 Å². The molecule has 212 valence electrons. The molecule has 0 unspecified atom stereocenters. The molecule has 0 radical (unpaired) electrons. The summed E-state index contributed by atoms with van der Waals surface area (Å²) < 4.78 is 0. The summed E-state index contributed by atoms with van der Waals surface area (Å²) >= 11 is 0. The maximum Gasteiger partial charge on any atom is 0.201 e. The van der Waals surface area contributed by atoms with Crippen LogP contribution < -0.4 is 25.8 Å². The number of aromatic nitrogens is 3. The first-order valence-electron chi connectivity index (χ1n) is 14.8. The topological polar surface area (TPSA) is 44.8 Å². The predicted molar refractivity (Wildman–Crippen MR) is 185 cm³/mol. The minimum absolute atomic E-state index is 0.931. The van der Waals surface area contributed by atoms with E-state index < -0.39 is 8.07 Å². The van der Waals surface area contributed by atoms with Crippen molar-refractivity contribution in [2.45, 2.75) is 6.92 Å². The second kappa shape index (κ2) is 12.0. The Bertz CT molecular complexity index is 1880. The van der Waals surface area contributed by atoms with Crippen molar-refractivity contribution in [1.29, 1.82) is 0 Å². The first-order chi connectivity index (χ1) is 21.7. The number of para-hydroxylation sites is 1. The van der Waals surface area contributed by atoms with Crippen LogP contribution in [0.1, 0.15) is 5.69 Å². The van der Waals surface area contributed by atoms with Crippen LogP contribution in [0.4, 0.5) is 17.1 Å². The molecule has 0 aliphatic rings. The molecule has 0 atom stereocenters. The lowest BCUT2D eigenvalue weighted by Crippen LogP contribution is -2.75. The molecule has 0 bridgehead atoms. The third-order valence-electron chi connectivity index (χ3n) is 8.12. The molecule has 2 heterocycles.